The molecule has 2 aromatic carbocycles. The van der Waals surface area contributed by atoms with Crippen molar-refractivity contribution in [3.63, 3.8) is 0 Å². The molecule has 0 amide bonds. The minimum Gasteiger partial charge on any atom is -0.334 e. The fourth-order valence-corrected chi connectivity index (χ4v) is 4.13. The molecule has 1 unspecified atom stereocenters. The molecular formula is C30H41N. The van der Waals surface area contributed by atoms with E-state index in [4.69, 9.17) is 0 Å². The topological polar surface area (TPSA) is 3.24 Å². The summed E-state index contributed by atoms with van der Waals surface area (Å²) in [6.45, 7) is 20.5. The molecule has 0 N–H and O–H groups in total. The minimum absolute atomic E-state index is 0.160. The molecule has 1 heteroatoms. The van der Waals surface area contributed by atoms with E-state index >= 15 is 0 Å². The summed E-state index contributed by atoms with van der Waals surface area (Å²) in [7, 11) is 0. The van der Waals surface area contributed by atoms with Gasteiger partial charge >= 0.3 is 0 Å². The van der Waals surface area contributed by atoms with Crippen LogP contribution in [0.3, 0.4) is 0 Å². The standard InChI is InChI=1S/C30H41N/c1-28(2,3)22-10-16-25(17-11-22)31(26-18-12-23(13-19-26)29(4,5)6)27-20-14-24(15-21-27)30(7,8)9/h10-20,27H,21H2,1-9H3. The monoisotopic (exact) mass is 415 g/mol. The zero-order valence-corrected chi connectivity index (χ0v) is 21.1. The highest BCUT2D eigenvalue weighted by Crippen LogP contribution is 2.37. The van der Waals surface area contributed by atoms with E-state index in [9.17, 15) is 0 Å². The maximum atomic E-state index is 2.49. The largest absolute Gasteiger partial charge is 0.334 e. The Morgan fingerprint density at radius 2 is 1.03 bits per heavy atom. The second-order valence-electron chi connectivity index (χ2n) is 12.0. The van der Waals surface area contributed by atoms with Crippen LogP contribution in [-0.4, -0.2) is 6.04 Å². The summed E-state index contributed by atoms with van der Waals surface area (Å²) in [5.74, 6) is 0. The zero-order valence-electron chi connectivity index (χ0n) is 21.1. The maximum Gasteiger partial charge on any atom is 0.0560 e. The summed E-state index contributed by atoms with van der Waals surface area (Å²) < 4.78 is 0. The third-order valence-corrected chi connectivity index (χ3v) is 6.30. The molecule has 0 radical (unpaired) electrons. The van der Waals surface area contributed by atoms with Crippen LogP contribution in [0.2, 0.25) is 0 Å². The van der Waals surface area contributed by atoms with Gasteiger partial charge in [0.15, 0.2) is 0 Å². The van der Waals surface area contributed by atoms with Crippen LogP contribution in [0.1, 0.15) is 79.9 Å². The summed E-state index contributed by atoms with van der Waals surface area (Å²) >= 11 is 0. The molecule has 166 valence electrons. The minimum atomic E-state index is 0.160. The number of hydrogen-bond acceptors (Lipinski definition) is 1. The van der Waals surface area contributed by atoms with Crippen molar-refractivity contribution < 1.29 is 0 Å². The summed E-state index contributed by atoms with van der Waals surface area (Å²) in [6, 6.07) is 18.6. The zero-order chi connectivity index (χ0) is 23.0. The van der Waals surface area contributed by atoms with Gasteiger partial charge in [-0.3, -0.25) is 0 Å². The third-order valence-electron chi connectivity index (χ3n) is 6.30. The van der Waals surface area contributed by atoms with E-state index < -0.39 is 0 Å². The van der Waals surface area contributed by atoms with Crippen LogP contribution in [0.4, 0.5) is 11.4 Å². The quantitative estimate of drug-likeness (QED) is 0.484. The van der Waals surface area contributed by atoms with Crippen LogP contribution in [0.15, 0.2) is 72.3 Å². The van der Waals surface area contributed by atoms with Crippen LogP contribution in [0, 0.1) is 5.41 Å². The van der Waals surface area contributed by atoms with Crippen LogP contribution < -0.4 is 4.90 Å². The molecule has 0 aromatic heterocycles. The number of anilines is 2. The Hall–Kier alpha value is -2.28. The van der Waals surface area contributed by atoms with Gasteiger partial charge in [0.1, 0.15) is 0 Å². The first-order chi connectivity index (χ1) is 14.3. The molecular weight excluding hydrogens is 374 g/mol. The van der Waals surface area contributed by atoms with Crippen molar-refractivity contribution in [3.05, 3.63) is 83.5 Å². The van der Waals surface area contributed by atoms with Gasteiger partial charge in [-0.2, -0.15) is 0 Å². The Morgan fingerprint density at radius 3 is 1.32 bits per heavy atom. The molecule has 1 aliphatic carbocycles. The number of benzene rings is 2. The van der Waals surface area contributed by atoms with Crippen molar-refractivity contribution in [3.8, 4) is 0 Å². The van der Waals surface area contributed by atoms with E-state index in [1.165, 1.54) is 28.1 Å². The lowest BCUT2D eigenvalue weighted by molar-refractivity contribution is 0.510. The molecule has 0 fully saturated rings. The average Bonchev–Trinajstić information content (AvgIpc) is 2.67. The van der Waals surface area contributed by atoms with Crippen LogP contribution in [0.5, 0.6) is 0 Å². The number of rotatable bonds is 3. The van der Waals surface area contributed by atoms with Gasteiger partial charge in [0.25, 0.3) is 0 Å². The summed E-state index contributed by atoms with van der Waals surface area (Å²) in [5.41, 5.74) is 7.17. The molecule has 1 nitrogen and oxygen atoms in total. The fourth-order valence-electron chi connectivity index (χ4n) is 4.13. The van der Waals surface area contributed by atoms with Gasteiger partial charge < -0.3 is 4.90 Å². The third kappa shape index (κ3) is 5.50. The average molecular weight is 416 g/mol. The van der Waals surface area contributed by atoms with Crippen molar-refractivity contribution in [2.24, 2.45) is 5.41 Å². The molecule has 0 saturated carbocycles. The second kappa shape index (κ2) is 8.34. The van der Waals surface area contributed by atoms with Crippen LogP contribution in [0.25, 0.3) is 0 Å². The Morgan fingerprint density at radius 1 is 0.613 bits per heavy atom. The van der Waals surface area contributed by atoms with E-state index in [0.717, 1.165) is 6.42 Å². The normalized spacial score (nSPS) is 17.5. The van der Waals surface area contributed by atoms with Crippen LogP contribution in [-0.2, 0) is 10.8 Å². The van der Waals surface area contributed by atoms with Crippen molar-refractivity contribution >= 4 is 11.4 Å². The first-order valence-electron chi connectivity index (χ1n) is 11.7. The van der Waals surface area contributed by atoms with Gasteiger partial charge in [-0.05, 0) is 63.6 Å². The van der Waals surface area contributed by atoms with Crippen LogP contribution >= 0.6 is 0 Å². The van der Waals surface area contributed by atoms with Gasteiger partial charge in [0.05, 0.1) is 6.04 Å². The van der Waals surface area contributed by atoms with Crippen molar-refractivity contribution in [2.45, 2.75) is 85.6 Å². The fraction of sp³-hybridized carbons (Fsp3) is 0.467. The van der Waals surface area contributed by atoms with E-state index in [1.807, 2.05) is 0 Å². The summed E-state index contributed by atoms with van der Waals surface area (Å²) in [5, 5.41) is 0. The Labute approximate surface area is 190 Å². The lowest BCUT2D eigenvalue weighted by Crippen LogP contribution is -2.31. The summed E-state index contributed by atoms with van der Waals surface area (Å²) in [6.07, 6.45) is 8.15. The molecule has 31 heavy (non-hydrogen) atoms. The number of allylic oxidation sites excluding steroid dienone is 2. The first-order valence-corrected chi connectivity index (χ1v) is 11.7. The predicted molar refractivity (Wildman–Crippen MR) is 138 cm³/mol. The highest BCUT2D eigenvalue weighted by molar-refractivity contribution is 5.66. The second-order valence-corrected chi connectivity index (χ2v) is 12.0. The lowest BCUT2D eigenvalue weighted by Gasteiger charge is -2.35. The van der Waals surface area contributed by atoms with Gasteiger partial charge in [-0.1, -0.05) is 105 Å². The Bertz CT molecular complexity index is 878. The van der Waals surface area contributed by atoms with Crippen molar-refractivity contribution in [1.29, 1.82) is 0 Å². The molecule has 0 bridgehead atoms. The molecule has 1 atom stereocenters. The highest BCUT2D eigenvalue weighted by atomic mass is 15.2. The van der Waals surface area contributed by atoms with Gasteiger partial charge in [0, 0.05) is 11.4 Å². The SMILES string of the molecule is CC(C)(C)C1=CCC(N(c2ccc(C(C)(C)C)cc2)c2ccc(C(C)(C)C)cc2)C=C1. The Kier molecular flexibility index (Phi) is 6.29. The van der Waals surface area contributed by atoms with E-state index in [0.29, 0.717) is 6.04 Å². The molecule has 0 aliphatic heterocycles. The number of hydrogen-bond donors (Lipinski definition) is 0. The molecule has 1 aliphatic rings. The smallest absolute Gasteiger partial charge is 0.0560 e. The molecule has 0 spiro atoms. The first kappa shape index (κ1) is 23.4. The molecule has 2 aromatic rings. The van der Waals surface area contributed by atoms with Gasteiger partial charge in [-0.25, -0.2) is 0 Å². The number of nitrogens with zero attached hydrogens (tertiary/aromatic N) is 1. The highest BCUT2D eigenvalue weighted by Gasteiger charge is 2.24. The predicted octanol–water partition coefficient (Wildman–Crippen LogP) is 8.72. The van der Waals surface area contributed by atoms with Crippen molar-refractivity contribution in [1.82, 2.24) is 0 Å². The lowest BCUT2D eigenvalue weighted by atomic mass is 9.82. The van der Waals surface area contributed by atoms with E-state index in [-0.39, 0.29) is 16.2 Å². The molecule has 0 heterocycles. The Balaban J connectivity index is 1.99. The van der Waals surface area contributed by atoms with Crippen molar-refractivity contribution in [2.75, 3.05) is 4.90 Å². The van der Waals surface area contributed by atoms with Gasteiger partial charge in [-0.15, -0.1) is 0 Å². The molecule has 0 saturated heterocycles. The van der Waals surface area contributed by atoms with E-state index in [2.05, 4.69) is 134 Å². The summed E-state index contributed by atoms with van der Waals surface area (Å²) in [4.78, 5) is 2.49. The van der Waals surface area contributed by atoms with E-state index in [1.54, 1.807) is 0 Å². The maximum absolute atomic E-state index is 2.49. The van der Waals surface area contributed by atoms with Gasteiger partial charge in [0.2, 0.25) is 0 Å². The molecule has 3 rings (SSSR count).